The quantitative estimate of drug-likeness (QED) is 0.781. The van der Waals surface area contributed by atoms with Gasteiger partial charge >= 0.3 is 0 Å². The second kappa shape index (κ2) is 5.17. The van der Waals surface area contributed by atoms with Gasteiger partial charge in [0.15, 0.2) is 0 Å². The molecule has 2 amide bonds. The molecule has 3 N–H and O–H groups in total. The number of carbonyl (C=O) groups is 2. The summed E-state index contributed by atoms with van der Waals surface area (Å²) in [5, 5.41) is 4.31. The van der Waals surface area contributed by atoms with E-state index in [0.29, 0.717) is 0 Å². The molecule has 0 spiro atoms. The highest BCUT2D eigenvalue weighted by atomic mass is 32.1. The zero-order valence-electron chi connectivity index (χ0n) is 10.4. The minimum absolute atomic E-state index is 0.102. The average molecular weight is 267 g/mol. The zero-order valence-corrected chi connectivity index (χ0v) is 11.2. The summed E-state index contributed by atoms with van der Waals surface area (Å²) in [5.41, 5.74) is 6.03. The predicted molar refractivity (Wildman–Crippen MR) is 70.0 cm³/mol. The number of nitrogens with zero attached hydrogens (tertiary/aromatic N) is 1. The highest BCUT2D eigenvalue weighted by Crippen LogP contribution is 2.29. The number of rotatable bonds is 3. The summed E-state index contributed by atoms with van der Waals surface area (Å²) in [6.45, 7) is 3.90. The van der Waals surface area contributed by atoms with E-state index in [-0.39, 0.29) is 36.5 Å². The third-order valence-corrected chi connectivity index (χ3v) is 4.10. The SMILES string of the molecule is CC(N)C(c1cccs1)N1CC(=O)NC(=O)C1C. The van der Waals surface area contributed by atoms with Crippen molar-refractivity contribution >= 4 is 23.2 Å². The number of piperazine rings is 1. The Hall–Kier alpha value is -1.24. The molecule has 0 saturated carbocycles. The molecule has 2 heterocycles. The topological polar surface area (TPSA) is 75.4 Å². The van der Waals surface area contributed by atoms with Gasteiger partial charge in [-0.3, -0.25) is 19.8 Å². The maximum atomic E-state index is 11.7. The molecule has 18 heavy (non-hydrogen) atoms. The summed E-state index contributed by atoms with van der Waals surface area (Å²) in [6.07, 6.45) is 0. The summed E-state index contributed by atoms with van der Waals surface area (Å²) in [7, 11) is 0. The molecule has 0 radical (unpaired) electrons. The minimum Gasteiger partial charge on any atom is -0.326 e. The number of imide groups is 1. The van der Waals surface area contributed by atoms with Crippen molar-refractivity contribution in [2.75, 3.05) is 6.54 Å². The van der Waals surface area contributed by atoms with Gasteiger partial charge in [-0.25, -0.2) is 0 Å². The molecule has 1 fully saturated rings. The number of nitrogens with two attached hydrogens (primary N) is 1. The van der Waals surface area contributed by atoms with E-state index in [0.717, 1.165) is 4.88 Å². The molecule has 1 aliphatic rings. The molecule has 5 nitrogen and oxygen atoms in total. The van der Waals surface area contributed by atoms with Crippen molar-refractivity contribution in [1.29, 1.82) is 0 Å². The fraction of sp³-hybridized carbons (Fsp3) is 0.500. The molecule has 3 atom stereocenters. The Labute approximate surface area is 110 Å². The first kappa shape index (κ1) is 13.2. The van der Waals surface area contributed by atoms with Gasteiger partial charge in [0.2, 0.25) is 11.8 Å². The van der Waals surface area contributed by atoms with E-state index in [9.17, 15) is 9.59 Å². The lowest BCUT2D eigenvalue weighted by molar-refractivity contribution is -0.141. The summed E-state index contributed by atoms with van der Waals surface area (Å²) in [4.78, 5) is 26.2. The lowest BCUT2D eigenvalue weighted by Gasteiger charge is -2.39. The number of hydrogen-bond donors (Lipinski definition) is 2. The van der Waals surface area contributed by atoms with Gasteiger partial charge in [0.25, 0.3) is 0 Å². The largest absolute Gasteiger partial charge is 0.326 e. The third kappa shape index (κ3) is 2.45. The van der Waals surface area contributed by atoms with Crippen molar-refractivity contribution in [3.05, 3.63) is 22.4 Å². The van der Waals surface area contributed by atoms with Crippen LogP contribution in [0.5, 0.6) is 0 Å². The molecule has 1 aromatic rings. The smallest absolute Gasteiger partial charge is 0.243 e. The van der Waals surface area contributed by atoms with Crippen molar-refractivity contribution in [1.82, 2.24) is 10.2 Å². The second-order valence-electron chi connectivity index (χ2n) is 4.58. The summed E-state index contributed by atoms with van der Waals surface area (Å²) in [6, 6.07) is 3.34. The van der Waals surface area contributed by atoms with Crippen LogP contribution in [0.15, 0.2) is 17.5 Å². The van der Waals surface area contributed by atoms with E-state index in [1.54, 1.807) is 18.3 Å². The minimum atomic E-state index is -0.346. The molecule has 98 valence electrons. The molecule has 0 bridgehead atoms. The third-order valence-electron chi connectivity index (χ3n) is 3.16. The summed E-state index contributed by atoms with van der Waals surface area (Å²) in [5.74, 6) is -0.520. The Morgan fingerprint density at radius 2 is 2.28 bits per heavy atom. The van der Waals surface area contributed by atoms with E-state index in [1.807, 2.05) is 29.3 Å². The Morgan fingerprint density at radius 3 is 2.83 bits per heavy atom. The van der Waals surface area contributed by atoms with Gasteiger partial charge in [-0.1, -0.05) is 6.07 Å². The maximum absolute atomic E-state index is 11.7. The van der Waals surface area contributed by atoms with Crippen LogP contribution in [-0.2, 0) is 9.59 Å². The van der Waals surface area contributed by atoms with Crippen LogP contribution in [0.4, 0.5) is 0 Å². The lowest BCUT2D eigenvalue weighted by atomic mass is 10.0. The van der Waals surface area contributed by atoms with E-state index in [2.05, 4.69) is 5.32 Å². The highest BCUT2D eigenvalue weighted by molar-refractivity contribution is 7.10. The molecule has 1 saturated heterocycles. The van der Waals surface area contributed by atoms with Crippen LogP contribution < -0.4 is 11.1 Å². The van der Waals surface area contributed by atoms with Crippen LogP contribution in [0, 0.1) is 0 Å². The van der Waals surface area contributed by atoms with Crippen LogP contribution in [-0.4, -0.2) is 35.3 Å². The molecular weight excluding hydrogens is 250 g/mol. The Balaban J connectivity index is 2.30. The van der Waals surface area contributed by atoms with Crippen LogP contribution in [0.25, 0.3) is 0 Å². The van der Waals surface area contributed by atoms with Gasteiger partial charge in [0.1, 0.15) is 0 Å². The summed E-state index contributed by atoms with van der Waals surface area (Å²) < 4.78 is 0. The molecule has 1 aromatic heterocycles. The van der Waals surface area contributed by atoms with Gasteiger partial charge < -0.3 is 5.73 Å². The fourth-order valence-electron chi connectivity index (χ4n) is 2.26. The fourth-order valence-corrected chi connectivity index (χ4v) is 3.22. The van der Waals surface area contributed by atoms with Gasteiger partial charge in [0.05, 0.1) is 18.6 Å². The lowest BCUT2D eigenvalue weighted by Crippen LogP contribution is -2.59. The number of hydrogen-bond acceptors (Lipinski definition) is 5. The van der Waals surface area contributed by atoms with E-state index >= 15 is 0 Å². The van der Waals surface area contributed by atoms with Crippen molar-refractivity contribution in [3.63, 3.8) is 0 Å². The first-order chi connectivity index (χ1) is 8.50. The maximum Gasteiger partial charge on any atom is 0.243 e. The average Bonchev–Trinajstić information content (AvgIpc) is 2.78. The molecule has 1 aliphatic heterocycles. The predicted octanol–water partition coefficient (Wildman–Crippen LogP) is 0.483. The standard InChI is InChI=1S/C12H17N3O2S/c1-7(13)11(9-4-3-5-18-9)15-6-10(16)14-12(17)8(15)2/h3-5,7-8,11H,6,13H2,1-2H3,(H,14,16,17). The molecule has 0 aliphatic carbocycles. The second-order valence-corrected chi connectivity index (χ2v) is 5.56. The van der Waals surface area contributed by atoms with Crippen molar-refractivity contribution in [2.24, 2.45) is 5.73 Å². The Kier molecular flexibility index (Phi) is 3.79. The molecule has 0 aromatic carbocycles. The van der Waals surface area contributed by atoms with Gasteiger partial charge in [-0.05, 0) is 25.3 Å². The van der Waals surface area contributed by atoms with E-state index < -0.39 is 0 Å². The molecular formula is C12H17N3O2S. The molecule has 2 rings (SSSR count). The van der Waals surface area contributed by atoms with Gasteiger partial charge in [0, 0.05) is 10.9 Å². The molecule has 3 unspecified atom stereocenters. The first-order valence-electron chi connectivity index (χ1n) is 5.89. The van der Waals surface area contributed by atoms with Gasteiger partial charge in [-0.2, -0.15) is 0 Å². The van der Waals surface area contributed by atoms with Crippen LogP contribution >= 0.6 is 11.3 Å². The van der Waals surface area contributed by atoms with Crippen molar-refractivity contribution < 1.29 is 9.59 Å². The number of thiophene rings is 1. The normalized spacial score (nSPS) is 24.7. The highest BCUT2D eigenvalue weighted by Gasteiger charge is 2.37. The number of amides is 2. The van der Waals surface area contributed by atoms with Gasteiger partial charge in [-0.15, -0.1) is 11.3 Å². The zero-order chi connectivity index (χ0) is 13.3. The van der Waals surface area contributed by atoms with Crippen molar-refractivity contribution in [2.45, 2.75) is 32.0 Å². The van der Waals surface area contributed by atoms with E-state index in [1.165, 1.54) is 0 Å². The number of nitrogens with one attached hydrogen (secondary N) is 1. The first-order valence-corrected chi connectivity index (χ1v) is 6.77. The molecule has 6 heteroatoms. The van der Waals surface area contributed by atoms with E-state index in [4.69, 9.17) is 5.73 Å². The van der Waals surface area contributed by atoms with Crippen LogP contribution in [0.1, 0.15) is 24.8 Å². The number of carbonyl (C=O) groups excluding carboxylic acids is 2. The Morgan fingerprint density at radius 1 is 1.56 bits per heavy atom. The van der Waals surface area contributed by atoms with Crippen LogP contribution in [0.2, 0.25) is 0 Å². The van der Waals surface area contributed by atoms with Crippen molar-refractivity contribution in [3.8, 4) is 0 Å². The Bertz CT molecular complexity index is 444. The monoisotopic (exact) mass is 267 g/mol. The van der Waals surface area contributed by atoms with Crippen LogP contribution in [0.3, 0.4) is 0 Å². The summed E-state index contributed by atoms with van der Waals surface area (Å²) >= 11 is 1.59.